The molecule has 4 unspecified atom stereocenters. The molecule has 48 heavy (non-hydrogen) atoms. The number of anilines is 2. The Morgan fingerprint density at radius 2 is 1.67 bits per heavy atom. The summed E-state index contributed by atoms with van der Waals surface area (Å²) in [5.74, 6) is 2.07. The Bertz CT molecular complexity index is 1460. The van der Waals surface area contributed by atoms with E-state index in [2.05, 4.69) is 34.6 Å². The van der Waals surface area contributed by atoms with E-state index in [-0.39, 0.29) is 18.1 Å². The quantitative estimate of drug-likeness (QED) is 0.112. The normalized spacial score (nSPS) is 19.2. The Hall–Kier alpha value is -3.40. The second-order valence-electron chi connectivity index (χ2n) is 13.7. The van der Waals surface area contributed by atoms with Crippen molar-refractivity contribution >= 4 is 11.4 Å². The summed E-state index contributed by atoms with van der Waals surface area (Å²) in [4.78, 5) is 28.4. The number of unbranched alkanes of at least 4 members (excludes halogenated alkanes) is 1. The Kier molecular flexibility index (Phi) is 13.3. The molecule has 0 amide bonds. The lowest BCUT2D eigenvalue weighted by molar-refractivity contribution is 0.00454. The molecule has 1 saturated carbocycles. The Morgan fingerprint density at radius 1 is 0.938 bits per heavy atom. The first-order chi connectivity index (χ1) is 23.4. The SMILES string of the molecule is CCCCOC(c1ccccc1)C1CCCN(c2c(NC(CC3CCCCC3)C(O)CNCc3cc(OC)cc(OC)c3)c(=O)c2=O)C1. The van der Waals surface area contributed by atoms with Crippen LogP contribution in [0, 0.1) is 11.8 Å². The highest BCUT2D eigenvalue weighted by Gasteiger charge is 2.35. The van der Waals surface area contributed by atoms with E-state index in [9.17, 15) is 14.7 Å². The Morgan fingerprint density at radius 3 is 2.35 bits per heavy atom. The van der Waals surface area contributed by atoms with E-state index in [0.29, 0.717) is 61.6 Å². The van der Waals surface area contributed by atoms with Gasteiger partial charge in [-0.05, 0) is 54.9 Å². The van der Waals surface area contributed by atoms with Crippen LogP contribution in [0.4, 0.5) is 11.4 Å². The molecule has 0 radical (unpaired) electrons. The van der Waals surface area contributed by atoms with Crippen molar-refractivity contribution in [2.75, 3.05) is 50.7 Å². The van der Waals surface area contributed by atoms with E-state index in [0.717, 1.165) is 56.1 Å². The minimum Gasteiger partial charge on any atom is -0.497 e. The molecule has 0 aromatic heterocycles. The van der Waals surface area contributed by atoms with Crippen LogP contribution in [0.15, 0.2) is 58.1 Å². The highest BCUT2D eigenvalue weighted by molar-refractivity contribution is 5.75. The van der Waals surface area contributed by atoms with E-state index in [4.69, 9.17) is 14.2 Å². The molecular formula is C39H55N3O6. The maximum atomic E-state index is 13.2. The summed E-state index contributed by atoms with van der Waals surface area (Å²) in [6.07, 6.45) is 9.74. The molecule has 2 aliphatic rings. The Balaban J connectivity index is 1.30. The first-order valence-corrected chi connectivity index (χ1v) is 18.0. The minimum atomic E-state index is -0.764. The molecule has 5 rings (SSSR count). The standard InChI is InChI=1S/C39H55N3O6/c1-4-5-19-48-39(29-15-10-7-11-16-29)30-17-12-18-42(26-30)36-35(37(44)38(36)45)41-33(22-27-13-8-6-9-14-27)34(43)25-40-24-28-20-31(46-2)23-32(21-28)47-3/h7,10-11,15-16,20-21,23,27,30,33-34,39-41,43H,4-6,8-9,12-14,17-19,22,24-26H2,1-3H3. The zero-order valence-electron chi connectivity index (χ0n) is 29.0. The lowest BCUT2D eigenvalue weighted by Gasteiger charge is -2.40. The van der Waals surface area contributed by atoms with Crippen LogP contribution in [0.2, 0.25) is 0 Å². The van der Waals surface area contributed by atoms with Crippen LogP contribution in [0.3, 0.4) is 0 Å². The number of nitrogens with one attached hydrogen (secondary N) is 2. The van der Waals surface area contributed by atoms with Gasteiger partial charge in [0.1, 0.15) is 22.9 Å². The molecule has 2 fully saturated rings. The van der Waals surface area contributed by atoms with E-state index in [1.165, 1.54) is 19.3 Å². The lowest BCUT2D eigenvalue weighted by atomic mass is 9.83. The van der Waals surface area contributed by atoms with Crippen LogP contribution in [0.5, 0.6) is 11.5 Å². The van der Waals surface area contributed by atoms with Crippen molar-refractivity contribution in [2.24, 2.45) is 11.8 Å². The lowest BCUT2D eigenvalue weighted by Crippen LogP contribution is -2.50. The van der Waals surface area contributed by atoms with E-state index in [1.54, 1.807) is 14.2 Å². The summed E-state index contributed by atoms with van der Waals surface area (Å²) in [7, 11) is 3.25. The van der Waals surface area contributed by atoms with Gasteiger partial charge in [0, 0.05) is 44.8 Å². The average Bonchev–Trinajstić information content (AvgIpc) is 3.13. The molecule has 1 aliphatic heterocycles. The van der Waals surface area contributed by atoms with E-state index < -0.39 is 17.0 Å². The summed E-state index contributed by atoms with van der Waals surface area (Å²) in [6.45, 7) is 5.06. The van der Waals surface area contributed by atoms with Crippen molar-refractivity contribution in [1.82, 2.24) is 5.32 Å². The second kappa shape index (κ2) is 17.8. The summed E-state index contributed by atoms with van der Waals surface area (Å²) in [5.41, 5.74) is 2.05. The number of hydrogen-bond acceptors (Lipinski definition) is 9. The molecule has 9 heteroatoms. The van der Waals surface area contributed by atoms with Gasteiger partial charge in [-0.25, -0.2) is 0 Å². The molecule has 262 valence electrons. The molecule has 4 atom stereocenters. The molecule has 9 nitrogen and oxygen atoms in total. The third-order valence-electron chi connectivity index (χ3n) is 10.2. The first kappa shape index (κ1) is 35.9. The number of benzene rings is 2. The van der Waals surface area contributed by atoms with Crippen molar-refractivity contribution in [3.05, 3.63) is 80.1 Å². The third-order valence-corrected chi connectivity index (χ3v) is 10.2. The number of hydrogen-bond donors (Lipinski definition) is 3. The molecule has 3 aromatic carbocycles. The minimum absolute atomic E-state index is 0.0695. The van der Waals surface area contributed by atoms with Gasteiger partial charge >= 0.3 is 0 Å². The third kappa shape index (κ3) is 9.18. The predicted octanol–water partition coefficient (Wildman–Crippen LogP) is 5.98. The molecule has 3 aromatic rings. The van der Waals surface area contributed by atoms with Crippen molar-refractivity contribution in [3.63, 3.8) is 0 Å². The van der Waals surface area contributed by atoms with Crippen LogP contribution in [-0.4, -0.2) is 57.7 Å². The number of ether oxygens (including phenoxy) is 3. The van der Waals surface area contributed by atoms with E-state index >= 15 is 0 Å². The summed E-state index contributed by atoms with van der Waals surface area (Å²) < 4.78 is 17.3. The maximum Gasteiger partial charge on any atom is 0.253 e. The topological polar surface area (TPSA) is 109 Å². The highest BCUT2D eigenvalue weighted by atomic mass is 16.5. The highest BCUT2D eigenvalue weighted by Crippen LogP contribution is 2.36. The number of aliphatic hydroxyl groups is 1. The zero-order chi connectivity index (χ0) is 33.9. The smallest absolute Gasteiger partial charge is 0.253 e. The van der Waals surface area contributed by atoms with Crippen LogP contribution >= 0.6 is 0 Å². The van der Waals surface area contributed by atoms with E-state index in [1.807, 2.05) is 36.4 Å². The molecule has 0 bridgehead atoms. The molecule has 3 N–H and O–H groups in total. The number of aliphatic hydroxyl groups excluding tert-OH is 1. The van der Waals surface area contributed by atoms with Crippen molar-refractivity contribution in [3.8, 4) is 11.5 Å². The van der Waals surface area contributed by atoms with Gasteiger partial charge in [0.15, 0.2) is 0 Å². The zero-order valence-corrected chi connectivity index (χ0v) is 29.0. The van der Waals surface area contributed by atoms with Crippen molar-refractivity contribution in [2.45, 2.75) is 95.9 Å². The maximum absolute atomic E-state index is 13.2. The van der Waals surface area contributed by atoms with Gasteiger partial charge < -0.3 is 34.9 Å². The van der Waals surface area contributed by atoms with Crippen LogP contribution in [0.25, 0.3) is 0 Å². The predicted molar refractivity (Wildman–Crippen MR) is 192 cm³/mol. The monoisotopic (exact) mass is 661 g/mol. The number of rotatable bonds is 18. The van der Waals surface area contributed by atoms with Gasteiger partial charge in [-0.1, -0.05) is 75.8 Å². The van der Waals surface area contributed by atoms with Gasteiger partial charge in [0.25, 0.3) is 10.9 Å². The van der Waals surface area contributed by atoms with Crippen molar-refractivity contribution in [1.29, 1.82) is 0 Å². The van der Waals surface area contributed by atoms with Crippen molar-refractivity contribution < 1.29 is 19.3 Å². The van der Waals surface area contributed by atoms with Crippen LogP contribution < -0.4 is 35.9 Å². The van der Waals surface area contributed by atoms with Gasteiger partial charge in [-0.2, -0.15) is 0 Å². The van der Waals surface area contributed by atoms with Gasteiger partial charge in [-0.15, -0.1) is 0 Å². The molecule has 1 heterocycles. The Labute approximate surface area is 285 Å². The summed E-state index contributed by atoms with van der Waals surface area (Å²) in [6, 6.07) is 15.7. The summed E-state index contributed by atoms with van der Waals surface area (Å²) >= 11 is 0. The number of nitrogens with zero attached hydrogens (tertiary/aromatic N) is 1. The van der Waals surface area contributed by atoms with Crippen LogP contribution in [-0.2, 0) is 11.3 Å². The fraction of sp³-hybridized carbons (Fsp3) is 0.590. The van der Waals surface area contributed by atoms with Gasteiger partial charge in [-0.3, -0.25) is 9.59 Å². The first-order valence-electron chi connectivity index (χ1n) is 18.0. The number of piperidine rings is 1. The molecule has 0 spiro atoms. The molecule has 1 saturated heterocycles. The molecule has 1 aliphatic carbocycles. The summed E-state index contributed by atoms with van der Waals surface area (Å²) in [5, 5.41) is 18.4. The molecular weight excluding hydrogens is 606 g/mol. The largest absolute Gasteiger partial charge is 0.497 e. The average molecular weight is 662 g/mol. The second-order valence-corrected chi connectivity index (χ2v) is 13.7. The van der Waals surface area contributed by atoms with Crippen LogP contribution in [0.1, 0.15) is 88.4 Å². The van der Waals surface area contributed by atoms with Gasteiger partial charge in [0.05, 0.1) is 32.5 Å². The fourth-order valence-electron chi connectivity index (χ4n) is 7.53. The number of methoxy groups -OCH3 is 2. The van der Waals surface area contributed by atoms with Gasteiger partial charge in [0.2, 0.25) is 0 Å². The fourth-order valence-corrected chi connectivity index (χ4v) is 7.53.